The van der Waals surface area contributed by atoms with Gasteiger partial charge in [0.05, 0.1) is 6.04 Å². The summed E-state index contributed by atoms with van der Waals surface area (Å²) in [6.45, 7) is 6.65. The van der Waals surface area contributed by atoms with E-state index in [9.17, 15) is 9.18 Å². The van der Waals surface area contributed by atoms with Gasteiger partial charge in [0.2, 0.25) is 5.91 Å². The summed E-state index contributed by atoms with van der Waals surface area (Å²) < 4.78 is 12.9. The SMILES string of the molecule is CCN(C(=O)C(C)CN)C(C)c1ccc(F)cc1. The molecule has 0 aromatic heterocycles. The van der Waals surface area contributed by atoms with Gasteiger partial charge >= 0.3 is 0 Å². The van der Waals surface area contributed by atoms with E-state index < -0.39 is 0 Å². The zero-order valence-electron chi connectivity index (χ0n) is 11.2. The first-order valence-electron chi connectivity index (χ1n) is 6.27. The minimum Gasteiger partial charge on any atom is -0.336 e. The second kappa shape index (κ2) is 6.50. The van der Waals surface area contributed by atoms with E-state index in [2.05, 4.69) is 0 Å². The monoisotopic (exact) mass is 252 g/mol. The zero-order chi connectivity index (χ0) is 13.7. The molecule has 1 aromatic rings. The Morgan fingerprint density at radius 3 is 2.33 bits per heavy atom. The number of hydrogen-bond donors (Lipinski definition) is 1. The van der Waals surface area contributed by atoms with Gasteiger partial charge in [-0.3, -0.25) is 4.79 Å². The van der Waals surface area contributed by atoms with Gasteiger partial charge in [-0.1, -0.05) is 19.1 Å². The lowest BCUT2D eigenvalue weighted by Gasteiger charge is -2.30. The fraction of sp³-hybridized carbons (Fsp3) is 0.500. The van der Waals surface area contributed by atoms with Gasteiger partial charge in [-0.05, 0) is 31.5 Å². The number of halogens is 1. The zero-order valence-corrected chi connectivity index (χ0v) is 11.2. The fourth-order valence-electron chi connectivity index (χ4n) is 1.93. The van der Waals surface area contributed by atoms with Crippen LogP contribution in [0.15, 0.2) is 24.3 Å². The van der Waals surface area contributed by atoms with Crippen LogP contribution < -0.4 is 5.73 Å². The topological polar surface area (TPSA) is 46.3 Å². The fourth-order valence-corrected chi connectivity index (χ4v) is 1.93. The second-order valence-electron chi connectivity index (χ2n) is 4.49. The molecule has 0 aliphatic carbocycles. The lowest BCUT2D eigenvalue weighted by atomic mass is 10.0. The van der Waals surface area contributed by atoms with Crippen molar-refractivity contribution >= 4 is 5.91 Å². The highest BCUT2D eigenvalue weighted by atomic mass is 19.1. The quantitative estimate of drug-likeness (QED) is 0.874. The Kier molecular flexibility index (Phi) is 5.28. The Morgan fingerprint density at radius 1 is 1.33 bits per heavy atom. The molecule has 0 aliphatic rings. The van der Waals surface area contributed by atoms with E-state index >= 15 is 0 Å². The summed E-state index contributed by atoms with van der Waals surface area (Å²) in [7, 11) is 0. The lowest BCUT2D eigenvalue weighted by molar-refractivity contribution is -0.136. The maximum Gasteiger partial charge on any atom is 0.227 e. The molecule has 1 rings (SSSR count). The molecule has 2 atom stereocenters. The molecule has 4 heteroatoms. The maximum atomic E-state index is 12.9. The highest BCUT2D eigenvalue weighted by Gasteiger charge is 2.23. The van der Waals surface area contributed by atoms with Crippen molar-refractivity contribution in [2.24, 2.45) is 11.7 Å². The predicted molar refractivity (Wildman–Crippen MR) is 70.4 cm³/mol. The molecule has 0 heterocycles. The van der Waals surface area contributed by atoms with Gasteiger partial charge in [0.1, 0.15) is 5.82 Å². The second-order valence-corrected chi connectivity index (χ2v) is 4.49. The van der Waals surface area contributed by atoms with E-state index in [1.54, 1.807) is 17.0 Å². The van der Waals surface area contributed by atoms with Crippen LogP contribution in [-0.2, 0) is 4.79 Å². The minimum atomic E-state index is -0.268. The molecular formula is C14H21FN2O. The normalized spacial score (nSPS) is 14.1. The van der Waals surface area contributed by atoms with Crippen molar-refractivity contribution in [1.29, 1.82) is 0 Å². The van der Waals surface area contributed by atoms with Gasteiger partial charge < -0.3 is 10.6 Å². The van der Waals surface area contributed by atoms with Gasteiger partial charge in [-0.25, -0.2) is 4.39 Å². The van der Waals surface area contributed by atoms with Gasteiger partial charge in [0, 0.05) is 19.0 Å². The largest absolute Gasteiger partial charge is 0.336 e. The predicted octanol–water partition coefficient (Wildman–Crippen LogP) is 2.33. The molecular weight excluding hydrogens is 231 g/mol. The smallest absolute Gasteiger partial charge is 0.227 e. The Hall–Kier alpha value is -1.42. The first-order chi connectivity index (χ1) is 8.51. The molecule has 0 bridgehead atoms. The molecule has 1 amide bonds. The van der Waals surface area contributed by atoms with Crippen molar-refractivity contribution in [2.45, 2.75) is 26.8 Å². The number of nitrogens with two attached hydrogens (primary N) is 1. The summed E-state index contributed by atoms with van der Waals surface area (Å²) in [5.74, 6) is -0.416. The van der Waals surface area contributed by atoms with Crippen LogP contribution in [0.2, 0.25) is 0 Å². The van der Waals surface area contributed by atoms with E-state index in [-0.39, 0.29) is 23.7 Å². The molecule has 0 radical (unpaired) electrons. The summed E-state index contributed by atoms with van der Waals surface area (Å²) in [5.41, 5.74) is 6.45. The van der Waals surface area contributed by atoms with Crippen LogP contribution in [-0.4, -0.2) is 23.9 Å². The summed E-state index contributed by atoms with van der Waals surface area (Å²) in [6.07, 6.45) is 0. The maximum absolute atomic E-state index is 12.9. The van der Waals surface area contributed by atoms with Crippen molar-refractivity contribution in [3.63, 3.8) is 0 Å². The van der Waals surface area contributed by atoms with Crippen molar-refractivity contribution in [3.05, 3.63) is 35.6 Å². The van der Waals surface area contributed by atoms with Crippen molar-refractivity contribution < 1.29 is 9.18 Å². The summed E-state index contributed by atoms with van der Waals surface area (Å²) in [6, 6.07) is 6.18. The summed E-state index contributed by atoms with van der Waals surface area (Å²) in [5, 5.41) is 0. The Labute approximate surface area is 108 Å². The highest BCUT2D eigenvalue weighted by molar-refractivity contribution is 5.79. The highest BCUT2D eigenvalue weighted by Crippen LogP contribution is 2.21. The molecule has 2 unspecified atom stereocenters. The third kappa shape index (κ3) is 3.29. The van der Waals surface area contributed by atoms with E-state index in [1.807, 2.05) is 20.8 Å². The average Bonchev–Trinajstić information content (AvgIpc) is 2.39. The van der Waals surface area contributed by atoms with Crippen LogP contribution in [0.1, 0.15) is 32.4 Å². The molecule has 2 N–H and O–H groups in total. The standard InChI is InChI=1S/C14H21FN2O/c1-4-17(14(18)10(2)9-16)11(3)12-5-7-13(15)8-6-12/h5-8,10-11H,4,9,16H2,1-3H3. The molecule has 1 aromatic carbocycles. The molecule has 100 valence electrons. The third-order valence-corrected chi connectivity index (χ3v) is 3.22. The van der Waals surface area contributed by atoms with Crippen molar-refractivity contribution in [2.75, 3.05) is 13.1 Å². The first-order valence-corrected chi connectivity index (χ1v) is 6.27. The molecule has 0 fully saturated rings. The van der Waals surface area contributed by atoms with E-state index in [1.165, 1.54) is 12.1 Å². The van der Waals surface area contributed by atoms with E-state index in [0.717, 1.165) is 5.56 Å². The summed E-state index contributed by atoms with van der Waals surface area (Å²) in [4.78, 5) is 13.9. The number of hydrogen-bond acceptors (Lipinski definition) is 2. The number of carbonyl (C=O) groups is 1. The number of amides is 1. The number of nitrogens with zero attached hydrogens (tertiary/aromatic N) is 1. The van der Waals surface area contributed by atoms with Gasteiger partial charge in [-0.2, -0.15) is 0 Å². The van der Waals surface area contributed by atoms with E-state index in [0.29, 0.717) is 13.1 Å². The van der Waals surface area contributed by atoms with Gasteiger partial charge in [0.15, 0.2) is 0 Å². The molecule has 18 heavy (non-hydrogen) atoms. The number of benzene rings is 1. The lowest BCUT2D eigenvalue weighted by Crippen LogP contribution is -2.39. The molecule has 0 aliphatic heterocycles. The third-order valence-electron chi connectivity index (χ3n) is 3.22. The molecule has 0 saturated carbocycles. The van der Waals surface area contributed by atoms with Gasteiger partial charge in [-0.15, -0.1) is 0 Å². The Morgan fingerprint density at radius 2 is 1.89 bits per heavy atom. The van der Waals surface area contributed by atoms with Crippen LogP contribution in [0, 0.1) is 11.7 Å². The van der Waals surface area contributed by atoms with E-state index in [4.69, 9.17) is 5.73 Å². The summed E-state index contributed by atoms with van der Waals surface area (Å²) >= 11 is 0. The van der Waals surface area contributed by atoms with Crippen LogP contribution >= 0.6 is 0 Å². The van der Waals surface area contributed by atoms with Crippen molar-refractivity contribution in [1.82, 2.24) is 4.90 Å². The Bertz CT molecular complexity index is 391. The first kappa shape index (κ1) is 14.6. The van der Waals surface area contributed by atoms with Crippen LogP contribution in [0.5, 0.6) is 0 Å². The van der Waals surface area contributed by atoms with Crippen LogP contribution in [0.25, 0.3) is 0 Å². The van der Waals surface area contributed by atoms with Gasteiger partial charge in [0.25, 0.3) is 0 Å². The molecule has 0 spiro atoms. The Balaban J connectivity index is 2.88. The van der Waals surface area contributed by atoms with Crippen LogP contribution in [0.4, 0.5) is 4.39 Å². The number of rotatable bonds is 5. The molecule has 0 saturated heterocycles. The average molecular weight is 252 g/mol. The van der Waals surface area contributed by atoms with Crippen molar-refractivity contribution in [3.8, 4) is 0 Å². The molecule has 3 nitrogen and oxygen atoms in total. The van der Waals surface area contributed by atoms with Crippen LogP contribution in [0.3, 0.4) is 0 Å². The number of carbonyl (C=O) groups excluding carboxylic acids is 1. The minimum absolute atomic E-state index is 0.0387.